The van der Waals surface area contributed by atoms with Crippen molar-refractivity contribution in [2.24, 2.45) is 5.10 Å². The van der Waals surface area contributed by atoms with E-state index in [9.17, 15) is 9.90 Å². The highest BCUT2D eigenvalue weighted by molar-refractivity contribution is 7.80. The summed E-state index contributed by atoms with van der Waals surface area (Å²) >= 11 is 5.05. The van der Waals surface area contributed by atoms with Crippen molar-refractivity contribution < 1.29 is 14.3 Å². The number of rotatable bonds is 6. The van der Waals surface area contributed by atoms with E-state index in [0.29, 0.717) is 12.3 Å². The minimum Gasteiger partial charge on any atom is -0.507 e. The molecule has 0 aliphatic carbocycles. The van der Waals surface area contributed by atoms with Crippen LogP contribution in [0, 0.1) is 0 Å². The second-order valence-electron chi connectivity index (χ2n) is 5.93. The lowest BCUT2D eigenvalue weighted by atomic mass is 10.1. The number of nitrogens with zero attached hydrogens (tertiary/aromatic N) is 1. The summed E-state index contributed by atoms with van der Waals surface area (Å²) < 4.78 is 11.2. The zero-order chi connectivity index (χ0) is 20.8. The number of methoxy groups -OCH3 is 1. The van der Waals surface area contributed by atoms with Gasteiger partial charge in [-0.1, -0.05) is 36.4 Å². The lowest BCUT2D eigenvalue weighted by Gasteiger charge is -2.11. The third-order valence-corrected chi connectivity index (χ3v) is 4.26. The average Bonchev–Trinajstić information content (AvgIpc) is 2.73. The first kappa shape index (κ1) is 20.1. The Kier molecular flexibility index (Phi) is 6.25. The van der Waals surface area contributed by atoms with Crippen molar-refractivity contribution in [2.75, 3.05) is 13.7 Å². The molecular weight excluding hydrogens is 390 g/mol. The van der Waals surface area contributed by atoms with Crippen LogP contribution in [0.4, 0.5) is 0 Å². The maximum Gasteiger partial charge on any atom is 0.197 e. The molecule has 3 rings (SSSR count). The Hall–Kier alpha value is -3.65. The molecule has 2 aromatic carbocycles. The van der Waals surface area contributed by atoms with Crippen molar-refractivity contribution in [1.82, 2.24) is 10.7 Å². The van der Waals surface area contributed by atoms with Crippen LogP contribution in [0.3, 0.4) is 0 Å². The van der Waals surface area contributed by atoms with Gasteiger partial charge in [-0.05, 0) is 12.2 Å². The molecule has 0 saturated carbocycles. The molecule has 0 radical (unpaired) electrons. The minimum atomic E-state index is -0.298. The van der Waals surface area contributed by atoms with E-state index in [4.69, 9.17) is 21.4 Å². The quantitative estimate of drug-likeness (QED) is 0.249. The standard InChI is InChI=1S/C21H19N3O4S/c1-3-9-22-21(29)24-23-12-14-15(25)10-18-19(20(14)27-2)16(26)11-17(28-18)13-7-5-4-6-8-13/h3-8,10-12,25H,1,9H2,2H3,(H2,22,24,29)/b23-12+. The largest absolute Gasteiger partial charge is 0.507 e. The normalized spacial score (nSPS) is 10.8. The molecule has 0 aliphatic rings. The van der Waals surface area contributed by atoms with Crippen LogP contribution in [0.1, 0.15) is 5.56 Å². The van der Waals surface area contributed by atoms with Crippen LogP contribution in [0.5, 0.6) is 11.5 Å². The maximum absolute atomic E-state index is 12.8. The fraction of sp³-hybridized carbons (Fsp3) is 0.0952. The predicted molar refractivity (Wildman–Crippen MR) is 118 cm³/mol. The van der Waals surface area contributed by atoms with Gasteiger partial charge in [0.1, 0.15) is 28.2 Å². The molecule has 1 aromatic heterocycles. The molecule has 0 aliphatic heterocycles. The van der Waals surface area contributed by atoms with Crippen molar-refractivity contribution >= 4 is 34.5 Å². The number of ether oxygens (including phenoxy) is 1. The van der Waals surface area contributed by atoms with Crippen LogP contribution in [-0.2, 0) is 0 Å². The van der Waals surface area contributed by atoms with Crippen molar-refractivity contribution in [3.05, 3.63) is 70.9 Å². The van der Waals surface area contributed by atoms with Gasteiger partial charge in [-0.15, -0.1) is 6.58 Å². The third kappa shape index (κ3) is 4.44. The molecule has 0 amide bonds. The minimum absolute atomic E-state index is 0.154. The highest BCUT2D eigenvalue weighted by atomic mass is 32.1. The van der Waals surface area contributed by atoms with E-state index < -0.39 is 0 Å². The number of benzene rings is 2. The van der Waals surface area contributed by atoms with Crippen molar-refractivity contribution in [2.45, 2.75) is 0 Å². The first-order valence-electron chi connectivity index (χ1n) is 8.66. The Morgan fingerprint density at radius 2 is 2.10 bits per heavy atom. The number of hydrazone groups is 1. The summed E-state index contributed by atoms with van der Waals surface area (Å²) in [6, 6.07) is 12.0. The Labute approximate surface area is 172 Å². The van der Waals surface area contributed by atoms with Crippen molar-refractivity contribution in [3.63, 3.8) is 0 Å². The zero-order valence-electron chi connectivity index (χ0n) is 15.6. The molecule has 0 unspecified atom stereocenters. The highest BCUT2D eigenvalue weighted by Crippen LogP contribution is 2.35. The first-order valence-corrected chi connectivity index (χ1v) is 9.07. The van der Waals surface area contributed by atoms with Gasteiger partial charge in [0.15, 0.2) is 10.5 Å². The summed E-state index contributed by atoms with van der Waals surface area (Å²) in [5.41, 5.74) is 3.49. The van der Waals surface area contributed by atoms with E-state index >= 15 is 0 Å². The van der Waals surface area contributed by atoms with Crippen LogP contribution >= 0.6 is 12.2 Å². The molecule has 0 spiro atoms. The smallest absolute Gasteiger partial charge is 0.197 e. The number of thiocarbonyl (C=S) groups is 1. The fourth-order valence-electron chi connectivity index (χ4n) is 2.73. The van der Waals surface area contributed by atoms with Gasteiger partial charge in [0, 0.05) is 24.2 Å². The summed E-state index contributed by atoms with van der Waals surface area (Å²) in [6.45, 7) is 4.06. The van der Waals surface area contributed by atoms with Crippen molar-refractivity contribution in [1.29, 1.82) is 0 Å². The van der Waals surface area contributed by atoms with Crippen molar-refractivity contribution in [3.8, 4) is 22.8 Å². The molecule has 0 atom stereocenters. The Morgan fingerprint density at radius 1 is 1.34 bits per heavy atom. The topological polar surface area (TPSA) is 96.1 Å². The summed E-state index contributed by atoms with van der Waals surface area (Å²) in [5.74, 6) is 0.397. The fourth-order valence-corrected chi connectivity index (χ4v) is 2.87. The molecular formula is C21H19N3O4S. The van der Waals surface area contributed by atoms with E-state index in [1.165, 1.54) is 25.5 Å². The number of nitrogens with one attached hydrogen (secondary N) is 2. The number of aromatic hydroxyl groups is 1. The van der Waals surface area contributed by atoms with E-state index in [1.807, 2.05) is 30.3 Å². The van der Waals surface area contributed by atoms with Gasteiger partial charge in [0.2, 0.25) is 0 Å². The van der Waals surface area contributed by atoms with E-state index in [0.717, 1.165) is 5.56 Å². The van der Waals surface area contributed by atoms with E-state index in [2.05, 4.69) is 22.4 Å². The molecule has 0 fully saturated rings. The monoisotopic (exact) mass is 409 g/mol. The van der Waals surface area contributed by atoms with E-state index in [1.54, 1.807) is 6.08 Å². The summed E-state index contributed by atoms with van der Waals surface area (Å²) in [7, 11) is 1.40. The molecule has 0 bridgehead atoms. The molecule has 7 nitrogen and oxygen atoms in total. The molecule has 8 heteroatoms. The van der Waals surface area contributed by atoms with E-state index in [-0.39, 0.29) is 38.6 Å². The lowest BCUT2D eigenvalue weighted by molar-refractivity contribution is 0.410. The molecule has 0 saturated heterocycles. The van der Waals surface area contributed by atoms with Crippen LogP contribution in [0.25, 0.3) is 22.3 Å². The Bertz CT molecular complexity index is 1140. The number of hydrogen-bond acceptors (Lipinski definition) is 6. The number of fused-ring (bicyclic) bond motifs is 1. The van der Waals surface area contributed by atoms with Gasteiger partial charge in [-0.25, -0.2) is 0 Å². The summed E-state index contributed by atoms with van der Waals surface area (Å²) in [5, 5.41) is 17.8. The second-order valence-corrected chi connectivity index (χ2v) is 6.33. The van der Waals surface area contributed by atoms with Gasteiger partial charge < -0.3 is 19.6 Å². The van der Waals surface area contributed by atoms with Crippen LogP contribution in [0.15, 0.2) is 69.4 Å². The first-order chi connectivity index (χ1) is 14.0. The second kappa shape index (κ2) is 9.03. The Balaban J connectivity index is 2.04. The zero-order valence-corrected chi connectivity index (χ0v) is 16.5. The number of hydrogen-bond donors (Lipinski definition) is 3. The third-order valence-electron chi connectivity index (χ3n) is 4.02. The van der Waals surface area contributed by atoms with Gasteiger partial charge in [-0.2, -0.15) is 5.10 Å². The molecule has 1 heterocycles. The summed E-state index contributed by atoms with van der Waals surface area (Å²) in [6.07, 6.45) is 2.97. The molecule has 3 N–H and O–H groups in total. The highest BCUT2D eigenvalue weighted by Gasteiger charge is 2.18. The Morgan fingerprint density at radius 3 is 2.79 bits per heavy atom. The van der Waals surface area contributed by atoms with Crippen LogP contribution < -0.4 is 20.9 Å². The lowest BCUT2D eigenvalue weighted by Crippen LogP contribution is -2.31. The van der Waals surface area contributed by atoms with Gasteiger partial charge >= 0.3 is 0 Å². The van der Waals surface area contributed by atoms with Crippen LogP contribution in [0.2, 0.25) is 0 Å². The molecule has 3 aromatic rings. The van der Waals surface area contributed by atoms with Gasteiger partial charge in [0.05, 0.1) is 18.9 Å². The summed E-state index contributed by atoms with van der Waals surface area (Å²) in [4.78, 5) is 12.8. The number of phenolic OH excluding ortho intramolecular Hbond substituents is 1. The average molecular weight is 409 g/mol. The predicted octanol–water partition coefficient (Wildman–Crippen LogP) is 3.16. The van der Waals surface area contributed by atoms with Crippen LogP contribution in [-0.4, -0.2) is 30.1 Å². The number of phenols is 1. The maximum atomic E-state index is 12.8. The molecule has 148 valence electrons. The SMILES string of the molecule is C=CCNC(=S)N/N=C/c1c(O)cc2oc(-c3ccccc3)cc(=O)c2c1OC. The van der Waals surface area contributed by atoms with Gasteiger partial charge in [0.25, 0.3) is 0 Å². The molecule has 29 heavy (non-hydrogen) atoms. The van der Waals surface area contributed by atoms with Gasteiger partial charge in [-0.3, -0.25) is 10.2 Å².